The van der Waals surface area contributed by atoms with Gasteiger partial charge in [0.05, 0.1) is 17.4 Å². The van der Waals surface area contributed by atoms with Crippen LogP contribution in [-0.2, 0) is 11.3 Å². The van der Waals surface area contributed by atoms with E-state index in [2.05, 4.69) is 4.98 Å². The van der Waals surface area contributed by atoms with Gasteiger partial charge in [-0.3, -0.25) is 9.59 Å². The zero-order valence-electron chi connectivity index (χ0n) is 16.6. The highest BCUT2D eigenvalue weighted by molar-refractivity contribution is 6.35. The minimum atomic E-state index is -0.659. The Bertz CT molecular complexity index is 1350. The highest BCUT2D eigenvalue weighted by Gasteiger charge is 2.33. The van der Waals surface area contributed by atoms with Crippen LogP contribution in [0.2, 0.25) is 0 Å². The van der Waals surface area contributed by atoms with E-state index in [9.17, 15) is 19.6 Å². The second-order valence-corrected chi connectivity index (χ2v) is 7.14. The maximum atomic E-state index is 13.1. The second kappa shape index (κ2) is 7.59. The van der Waals surface area contributed by atoms with Crippen molar-refractivity contribution < 1.29 is 23.9 Å². The fraction of sp³-hybridized carbons (Fsp3) is 0.0417. The van der Waals surface area contributed by atoms with Gasteiger partial charge in [-0.05, 0) is 46.8 Å². The molecule has 2 heterocycles. The Labute approximate surface area is 181 Å². The molecule has 0 unspecified atom stereocenters. The lowest BCUT2D eigenvalue weighted by atomic mass is 9.94. The molecule has 2 amide bonds. The Balaban J connectivity index is 1.39. The van der Waals surface area contributed by atoms with Crippen LogP contribution < -0.4 is 9.63 Å². The Kier molecular flexibility index (Phi) is 4.59. The summed E-state index contributed by atoms with van der Waals surface area (Å²) in [7, 11) is 0. The number of rotatable bonds is 4. The molecular formula is C24H15N3O5. The van der Waals surface area contributed by atoms with Gasteiger partial charge in [0.2, 0.25) is 0 Å². The smallest absolute Gasteiger partial charge is 0.339 e. The number of aromatic nitrogens is 2. The number of amides is 2. The lowest BCUT2D eigenvalue weighted by Gasteiger charge is -2.27. The summed E-state index contributed by atoms with van der Waals surface area (Å²) in [4.78, 5) is 43.5. The molecule has 1 aliphatic heterocycles. The third-order valence-corrected chi connectivity index (χ3v) is 5.25. The number of nitrogens with zero attached hydrogens (tertiary/aromatic N) is 3. The van der Waals surface area contributed by atoms with E-state index in [1.807, 2.05) is 12.1 Å². The van der Waals surface area contributed by atoms with Crippen LogP contribution in [0.4, 0.5) is 5.69 Å². The first kappa shape index (κ1) is 19.4. The fourth-order valence-electron chi connectivity index (χ4n) is 3.71. The first-order valence-electron chi connectivity index (χ1n) is 9.75. The van der Waals surface area contributed by atoms with Gasteiger partial charge in [0, 0.05) is 22.6 Å². The molecule has 0 saturated carbocycles. The predicted octanol–water partition coefficient (Wildman–Crippen LogP) is 3.03. The summed E-state index contributed by atoms with van der Waals surface area (Å²) in [5, 5.41) is 13.1. The van der Waals surface area contributed by atoms with E-state index in [1.165, 1.54) is 42.7 Å². The maximum Gasteiger partial charge on any atom is 0.339 e. The summed E-state index contributed by atoms with van der Waals surface area (Å²) in [5.41, 5.74) is 1.44. The van der Waals surface area contributed by atoms with Crippen LogP contribution >= 0.6 is 0 Å². The topological polar surface area (TPSA) is 104 Å². The molecule has 0 fully saturated rings. The molecule has 1 aliphatic rings. The number of hydrogen-bond acceptors (Lipinski definition) is 6. The molecule has 8 nitrogen and oxygen atoms in total. The zero-order chi connectivity index (χ0) is 22.2. The van der Waals surface area contributed by atoms with E-state index >= 15 is 0 Å². The van der Waals surface area contributed by atoms with Gasteiger partial charge in [0.25, 0.3) is 11.8 Å². The third kappa shape index (κ3) is 3.14. The van der Waals surface area contributed by atoms with E-state index in [-0.39, 0.29) is 18.0 Å². The summed E-state index contributed by atoms with van der Waals surface area (Å²) in [6.07, 6.45) is 2.69. The number of anilines is 1. The summed E-state index contributed by atoms with van der Waals surface area (Å²) >= 11 is 0. The van der Waals surface area contributed by atoms with Crippen LogP contribution in [-0.4, -0.2) is 22.8 Å². The van der Waals surface area contributed by atoms with Gasteiger partial charge in [-0.15, -0.1) is 0 Å². The molecule has 0 saturated heterocycles. The number of esters is 1. The highest BCUT2D eigenvalue weighted by atomic mass is 16.5. The molecule has 32 heavy (non-hydrogen) atoms. The molecule has 0 aliphatic carbocycles. The van der Waals surface area contributed by atoms with Crippen LogP contribution in [0.15, 0.2) is 79.1 Å². The monoisotopic (exact) mass is 425 g/mol. The lowest BCUT2D eigenvalue weighted by Crippen LogP contribution is -2.40. The second-order valence-electron chi connectivity index (χ2n) is 7.14. The van der Waals surface area contributed by atoms with E-state index < -0.39 is 17.8 Å². The minimum Gasteiger partial charge on any atom is -0.711 e. The standard InChI is InChI=1S/C24H15N3O5/c28-22-18-6-1-4-15-5-2-7-19(21(15)18)23(29)27(22)17-10-8-16(9-11-17)24(30)32-14-20-25-12-3-13-26(20)31/h1-13H,14H2. The van der Waals surface area contributed by atoms with Crippen LogP contribution in [0, 0.1) is 5.21 Å². The molecule has 4 aromatic rings. The number of carbonyl (C=O) groups excluding carboxylic acids is 3. The van der Waals surface area contributed by atoms with Crippen LogP contribution in [0.5, 0.6) is 0 Å². The predicted molar refractivity (Wildman–Crippen MR) is 114 cm³/mol. The third-order valence-electron chi connectivity index (χ3n) is 5.25. The van der Waals surface area contributed by atoms with Crippen molar-refractivity contribution in [3.05, 3.63) is 107 Å². The minimum absolute atomic E-state index is 0.0508. The number of carbonyl (C=O) groups is 3. The summed E-state index contributed by atoms with van der Waals surface area (Å²) in [5.74, 6) is -1.46. The molecule has 0 N–H and O–H groups in total. The van der Waals surface area contributed by atoms with Gasteiger partial charge in [0.1, 0.15) is 6.20 Å². The molecule has 5 rings (SSSR count). The normalized spacial score (nSPS) is 12.8. The molecule has 156 valence electrons. The molecule has 0 spiro atoms. The van der Waals surface area contributed by atoms with Crippen molar-refractivity contribution in [3.63, 3.8) is 0 Å². The maximum absolute atomic E-state index is 13.1. The summed E-state index contributed by atoms with van der Waals surface area (Å²) in [6, 6.07) is 18.1. The van der Waals surface area contributed by atoms with Gasteiger partial charge in [-0.25, -0.2) is 14.4 Å². The molecule has 0 bridgehead atoms. The average molecular weight is 425 g/mol. The molecular weight excluding hydrogens is 410 g/mol. The van der Waals surface area contributed by atoms with Crippen molar-refractivity contribution in [2.24, 2.45) is 0 Å². The molecule has 1 aromatic heterocycles. The summed E-state index contributed by atoms with van der Waals surface area (Å²) in [6.45, 7) is -0.283. The van der Waals surface area contributed by atoms with Gasteiger partial charge >= 0.3 is 11.8 Å². The van der Waals surface area contributed by atoms with Gasteiger partial charge in [-0.2, -0.15) is 0 Å². The van der Waals surface area contributed by atoms with Gasteiger partial charge in [-0.1, -0.05) is 24.3 Å². The quantitative estimate of drug-likeness (QED) is 0.215. The van der Waals surface area contributed by atoms with E-state index in [0.29, 0.717) is 26.9 Å². The van der Waals surface area contributed by atoms with Gasteiger partial charge < -0.3 is 9.94 Å². The van der Waals surface area contributed by atoms with Crippen LogP contribution in [0.3, 0.4) is 0 Å². The number of hydrogen-bond donors (Lipinski definition) is 0. The molecule has 0 radical (unpaired) electrons. The van der Waals surface area contributed by atoms with E-state index in [4.69, 9.17) is 4.74 Å². The van der Waals surface area contributed by atoms with Crippen molar-refractivity contribution in [2.75, 3.05) is 4.90 Å². The van der Waals surface area contributed by atoms with Crippen molar-refractivity contribution in [2.45, 2.75) is 6.61 Å². The fourth-order valence-corrected chi connectivity index (χ4v) is 3.71. The Hall–Kier alpha value is -4.59. The van der Waals surface area contributed by atoms with Crippen molar-refractivity contribution in [3.8, 4) is 0 Å². The first-order chi connectivity index (χ1) is 15.5. The molecule has 0 atom stereocenters. The highest BCUT2D eigenvalue weighted by Crippen LogP contribution is 2.32. The van der Waals surface area contributed by atoms with Crippen LogP contribution in [0.25, 0.3) is 10.8 Å². The van der Waals surface area contributed by atoms with E-state index in [1.54, 1.807) is 24.3 Å². The van der Waals surface area contributed by atoms with Crippen LogP contribution in [0.1, 0.15) is 36.9 Å². The Morgan fingerprint density at radius 3 is 2.22 bits per heavy atom. The largest absolute Gasteiger partial charge is 0.711 e. The first-order valence-corrected chi connectivity index (χ1v) is 9.75. The van der Waals surface area contributed by atoms with Crippen molar-refractivity contribution >= 4 is 34.2 Å². The van der Waals surface area contributed by atoms with Crippen molar-refractivity contribution in [1.29, 1.82) is 0 Å². The Morgan fingerprint density at radius 1 is 0.938 bits per heavy atom. The number of ether oxygens (including phenoxy) is 1. The van der Waals surface area contributed by atoms with Crippen molar-refractivity contribution in [1.82, 2.24) is 4.98 Å². The number of imide groups is 1. The summed E-state index contributed by atoms with van der Waals surface area (Å²) < 4.78 is 5.65. The lowest BCUT2D eigenvalue weighted by molar-refractivity contribution is -0.620. The Morgan fingerprint density at radius 2 is 1.59 bits per heavy atom. The SMILES string of the molecule is O=C(OCc1nccc[n+]1[O-])c1ccc(N2C(=O)c3cccc4cccc(c34)C2=O)cc1. The molecule has 8 heteroatoms. The van der Waals surface area contributed by atoms with Gasteiger partial charge in [0.15, 0.2) is 6.61 Å². The molecule has 3 aromatic carbocycles. The average Bonchev–Trinajstić information content (AvgIpc) is 2.82. The number of benzene rings is 3. The van der Waals surface area contributed by atoms with E-state index in [0.717, 1.165) is 10.3 Å². The zero-order valence-corrected chi connectivity index (χ0v) is 16.6.